The molecule has 0 spiro atoms. The minimum atomic E-state index is -4.64. The first-order chi connectivity index (χ1) is 41.2. The number of likely N-dealkylation sites (N-methyl/N-ethyl adjacent to an activating group) is 7. The summed E-state index contributed by atoms with van der Waals surface area (Å²) in [7, 11) is 5.28. The smallest absolute Gasteiger partial charge is 0.390 e. The van der Waals surface area contributed by atoms with Crippen molar-refractivity contribution in [3.8, 4) is 0 Å². The van der Waals surface area contributed by atoms with Gasteiger partial charge >= 0.3 is 7.82 Å². The summed E-state index contributed by atoms with van der Waals surface area (Å²) in [4.78, 5) is 190. The number of nitrogens with one attached hydrogen (secondary N) is 4. The van der Waals surface area contributed by atoms with Crippen LogP contribution >= 0.6 is 7.82 Å². The summed E-state index contributed by atoms with van der Waals surface area (Å²) in [5, 5.41) is 23.1. The predicted octanol–water partition coefficient (Wildman–Crippen LogP) is 2.34. The first kappa shape index (κ1) is 84.0. The van der Waals surface area contributed by atoms with E-state index in [9.17, 15) is 48.3 Å². The second-order valence-corrected chi connectivity index (χ2v) is 27.6. The zero-order valence-electron chi connectivity index (χ0n) is 58.3. The van der Waals surface area contributed by atoms with Crippen molar-refractivity contribution in [1.82, 2.24) is 55.6 Å². The summed E-state index contributed by atoms with van der Waals surface area (Å²) in [5.74, 6) is -9.71. The predicted molar refractivity (Wildman–Crippen MR) is 343 cm³/mol. The molecule has 12 atom stereocenters. The molecule has 28 heteroatoms. The third-order valence-corrected chi connectivity index (χ3v) is 16.1. The Hall–Kier alpha value is -6.02. The third kappa shape index (κ3) is 25.9. The van der Waals surface area contributed by atoms with E-state index in [2.05, 4.69) is 21.3 Å². The Balaban J connectivity index is 0.0000152. The van der Waals surface area contributed by atoms with Crippen LogP contribution in [0.25, 0.3) is 0 Å². The van der Waals surface area contributed by atoms with Gasteiger partial charge in [-0.15, -0.1) is 0 Å². The first-order valence-electron chi connectivity index (χ1n) is 31.3. The highest BCUT2D eigenvalue weighted by atomic mass is 31.2. The van der Waals surface area contributed by atoms with Gasteiger partial charge in [0.2, 0.25) is 65.0 Å². The fraction of sp³-hybridized carbons (Fsp3) is 0.790. The van der Waals surface area contributed by atoms with Crippen LogP contribution in [-0.2, 0) is 57.3 Å². The zero-order valence-corrected chi connectivity index (χ0v) is 59.2. The van der Waals surface area contributed by atoms with Crippen molar-refractivity contribution in [3.63, 3.8) is 0 Å². The average Bonchev–Trinajstić information content (AvgIpc) is 1.02. The molecule has 8 N–H and O–H groups in total. The lowest BCUT2D eigenvalue weighted by atomic mass is 9.91. The van der Waals surface area contributed by atoms with E-state index in [4.69, 9.17) is 19.2 Å². The van der Waals surface area contributed by atoms with Crippen LogP contribution in [0.2, 0.25) is 0 Å². The molecule has 27 nitrogen and oxygen atoms in total. The monoisotopic (exact) mass is 1300 g/mol. The van der Waals surface area contributed by atoms with Gasteiger partial charge in [-0.1, -0.05) is 109 Å². The molecular weight excluding hydrogens is 1190 g/mol. The SMILES string of the molecule is CC=CC[C@@H](C)[C@@H](O)[C@H]1C(=O)N[C@@H](CC)C(=O)N(C)CC(=O)N(C)[C@@H](CC(C)C)C(=O)N[C@@H](C(C)C)C(=O)N(C)[C@@H](CC(C)C)C(=O)N[C@@H](C)C(=O)N[C@H](C)C(=O)N(C)[C@@H](CC(C)C)C(=O)N(C)[C@@H](CC(C)C)C(=O)N(C)[C@@H](C(C)C)C(=O)N1C.O=P(O)(O)O. The molecule has 11 amide bonds. The number of rotatable bonds is 15. The van der Waals surface area contributed by atoms with Crippen molar-refractivity contribution >= 4 is 72.8 Å². The van der Waals surface area contributed by atoms with Gasteiger partial charge in [-0.2, -0.15) is 0 Å². The number of carbonyl (C=O) groups is 11. The summed E-state index contributed by atoms with van der Waals surface area (Å²) in [6, 6.07) is -12.3. The molecule has 0 aliphatic carbocycles. The molecule has 0 radical (unpaired) electrons. The maximum atomic E-state index is 15.1. The van der Waals surface area contributed by atoms with E-state index in [0.29, 0.717) is 6.42 Å². The van der Waals surface area contributed by atoms with Gasteiger partial charge in [0.25, 0.3) is 0 Å². The average molecular weight is 1300 g/mol. The molecule has 0 unspecified atom stereocenters. The summed E-state index contributed by atoms with van der Waals surface area (Å²) in [6.07, 6.45) is 3.04. The lowest BCUT2D eigenvalue weighted by Gasteiger charge is -2.41. The highest BCUT2D eigenvalue weighted by molar-refractivity contribution is 7.45. The Kier molecular flexibility index (Phi) is 35.6. The van der Waals surface area contributed by atoms with Gasteiger partial charge in [0.05, 0.1) is 12.6 Å². The molecule has 1 saturated heterocycles. The molecule has 518 valence electrons. The lowest BCUT2D eigenvalue weighted by molar-refractivity contribution is -0.157. The Morgan fingerprint density at radius 1 is 0.478 bits per heavy atom. The fourth-order valence-corrected chi connectivity index (χ4v) is 10.7. The topological polar surface area (TPSA) is 357 Å². The number of aliphatic hydroxyl groups excluding tert-OH is 1. The van der Waals surface area contributed by atoms with Crippen LogP contribution in [0.15, 0.2) is 12.2 Å². The van der Waals surface area contributed by atoms with Crippen LogP contribution in [0.5, 0.6) is 0 Å². The molecule has 0 aromatic heterocycles. The molecule has 0 aromatic carbocycles. The van der Waals surface area contributed by atoms with Crippen LogP contribution in [0.4, 0.5) is 0 Å². The maximum Gasteiger partial charge on any atom is 0.466 e. The normalized spacial score (nSPS) is 26.1. The van der Waals surface area contributed by atoms with Crippen molar-refractivity contribution < 1.29 is 77.1 Å². The second-order valence-electron chi connectivity index (χ2n) is 26.6. The molecule has 1 fully saturated rings. The summed E-state index contributed by atoms with van der Waals surface area (Å²) < 4.78 is 8.88. The van der Waals surface area contributed by atoms with E-state index in [1.54, 1.807) is 54.5 Å². The van der Waals surface area contributed by atoms with Crippen molar-refractivity contribution in [2.45, 2.75) is 223 Å². The molecule has 1 heterocycles. The van der Waals surface area contributed by atoms with Gasteiger partial charge < -0.3 is 75.4 Å². The van der Waals surface area contributed by atoms with Gasteiger partial charge in [0.15, 0.2) is 0 Å². The van der Waals surface area contributed by atoms with Gasteiger partial charge in [-0.3, -0.25) is 52.7 Å². The number of nitrogens with zero attached hydrogens (tertiary/aromatic N) is 7. The van der Waals surface area contributed by atoms with Gasteiger partial charge in [-0.05, 0) is 101 Å². The van der Waals surface area contributed by atoms with Crippen molar-refractivity contribution in [2.75, 3.05) is 55.9 Å². The first-order valence-corrected chi connectivity index (χ1v) is 32.9. The van der Waals surface area contributed by atoms with E-state index >= 15 is 9.59 Å². The van der Waals surface area contributed by atoms with E-state index < -0.39 is 164 Å². The second kappa shape index (κ2) is 38.1. The van der Waals surface area contributed by atoms with E-state index in [0.717, 1.165) is 9.80 Å². The van der Waals surface area contributed by atoms with Crippen LogP contribution < -0.4 is 21.3 Å². The largest absolute Gasteiger partial charge is 0.466 e. The number of allylic oxidation sites excluding steroid dienone is 2. The van der Waals surface area contributed by atoms with E-state index in [1.807, 2.05) is 61.5 Å². The van der Waals surface area contributed by atoms with Crippen molar-refractivity contribution in [3.05, 3.63) is 12.2 Å². The van der Waals surface area contributed by atoms with Crippen LogP contribution in [0.3, 0.4) is 0 Å². The molecule has 1 aliphatic heterocycles. The van der Waals surface area contributed by atoms with E-state index in [-0.39, 0.29) is 55.8 Å². The number of aliphatic hydroxyl groups is 1. The highest BCUT2D eigenvalue weighted by Crippen LogP contribution is 2.27. The number of phosphoric acid groups is 1. The minimum absolute atomic E-state index is 0.0229. The standard InChI is InChI=1S/C62H111N11O12.H3O4P/c1-25-27-28-40(15)52(75)51-56(79)65-43(26-2)58(81)67(18)33-48(74)68(19)44(29-34(3)4)55(78)66-49(38(11)12)61(84)69(20)45(30-35(5)6)54(77)63-41(16)53(76)64-42(17)57(80)70(21)46(31-36(7)8)59(82)71(22)47(32-37(9)10)60(83)72(23)50(39(13)14)62(85)73(51)24;1-5(2,3)4/h25,27,34-47,49-52,75H,26,28-33H2,1-24H3,(H,63,77)(H,64,76)(H,65,79)(H,66,78);(H3,1,2,3,4)/t40-,41+,42-,43+,44+,45+,46+,47+,49+,50+,51+,52-;/m1./s1. The molecule has 90 heavy (non-hydrogen) atoms. The minimum Gasteiger partial charge on any atom is -0.390 e. The third-order valence-electron chi connectivity index (χ3n) is 16.1. The summed E-state index contributed by atoms with van der Waals surface area (Å²) in [5.41, 5.74) is 0. The number of hydrogen-bond donors (Lipinski definition) is 8. The van der Waals surface area contributed by atoms with E-state index in [1.165, 1.54) is 87.7 Å². The summed E-state index contributed by atoms with van der Waals surface area (Å²) in [6.45, 7) is 29.3. The Morgan fingerprint density at radius 2 is 0.867 bits per heavy atom. The molecular formula is C62H114N11O16P. The molecule has 0 aromatic rings. The Morgan fingerprint density at radius 3 is 1.29 bits per heavy atom. The van der Waals surface area contributed by atoms with Crippen LogP contribution in [0.1, 0.15) is 156 Å². The van der Waals surface area contributed by atoms with Gasteiger partial charge in [0, 0.05) is 49.3 Å². The highest BCUT2D eigenvalue weighted by Gasteiger charge is 2.46. The molecule has 1 rings (SSSR count). The summed E-state index contributed by atoms with van der Waals surface area (Å²) >= 11 is 0. The Labute approximate surface area is 535 Å². The number of carbonyl (C=O) groups excluding carboxylic acids is 11. The van der Waals surface area contributed by atoms with Crippen LogP contribution in [0, 0.1) is 41.4 Å². The number of hydrogen-bond acceptors (Lipinski definition) is 13. The van der Waals surface area contributed by atoms with Gasteiger partial charge in [0.1, 0.15) is 60.4 Å². The van der Waals surface area contributed by atoms with Gasteiger partial charge in [-0.25, -0.2) is 4.57 Å². The lowest BCUT2D eigenvalue weighted by Crippen LogP contribution is -2.63. The molecule has 1 aliphatic rings. The van der Waals surface area contributed by atoms with Crippen molar-refractivity contribution in [2.24, 2.45) is 41.4 Å². The Bertz CT molecular complexity index is 2500. The van der Waals surface area contributed by atoms with Crippen LogP contribution in [-0.4, -0.2) is 241 Å². The molecule has 0 bridgehead atoms. The fourth-order valence-electron chi connectivity index (χ4n) is 10.7. The zero-order chi connectivity index (χ0) is 70.5. The molecule has 0 saturated carbocycles. The quantitative estimate of drug-likeness (QED) is 0.0862. The maximum absolute atomic E-state index is 15.1. The van der Waals surface area contributed by atoms with Crippen molar-refractivity contribution in [1.29, 1.82) is 0 Å². The number of amides is 11.